The number of likely N-dealkylation sites (tertiary alicyclic amines) is 1. The lowest BCUT2D eigenvalue weighted by molar-refractivity contribution is -0.140. The molecule has 1 atom stereocenters. The second kappa shape index (κ2) is 4.55. The first kappa shape index (κ1) is 11.2. The average molecular weight is 199 g/mol. The number of amides is 2. The SMILES string of the molecule is CC(C)OCCN1C(=O)CC(C)C1=O. The number of rotatable bonds is 4. The van der Waals surface area contributed by atoms with E-state index in [0.717, 1.165) is 0 Å². The second-order valence-corrected chi connectivity index (χ2v) is 3.91. The van der Waals surface area contributed by atoms with Crippen LogP contribution in [0, 0.1) is 5.92 Å². The summed E-state index contributed by atoms with van der Waals surface area (Å²) in [5, 5.41) is 0. The Labute approximate surface area is 84.2 Å². The number of imide groups is 1. The van der Waals surface area contributed by atoms with E-state index in [4.69, 9.17) is 4.74 Å². The third-order valence-corrected chi connectivity index (χ3v) is 2.24. The molecule has 1 unspecified atom stereocenters. The third kappa shape index (κ3) is 2.54. The summed E-state index contributed by atoms with van der Waals surface area (Å²) < 4.78 is 5.29. The topological polar surface area (TPSA) is 46.6 Å². The molecule has 14 heavy (non-hydrogen) atoms. The highest BCUT2D eigenvalue weighted by Gasteiger charge is 2.34. The Morgan fingerprint density at radius 1 is 1.50 bits per heavy atom. The Balaban J connectivity index is 2.37. The minimum Gasteiger partial charge on any atom is -0.377 e. The molecule has 0 aromatic rings. The van der Waals surface area contributed by atoms with Gasteiger partial charge < -0.3 is 4.74 Å². The molecule has 1 heterocycles. The van der Waals surface area contributed by atoms with Crippen LogP contribution < -0.4 is 0 Å². The predicted molar refractivity (Wildman–Crippen MR) is 51.6 cm³/mol. The molecule has 1 rings (SSSR count). The molecular weight excluding hydrogens is 182 g/mol. The Bertz CT molecular complexity index is 238. The van der Waals surface area contributed by atoms with Crippen LogP contribution in [0.25, 0.3) is 0 Å². The first-order valence-corrected chi connectivity index (χ1v) is 4.98. The quantitative estimate of drug-likeness (QED) is 0.629. The number of hydrogen-bond acceptors (Lipinski definition) is 3. The number of carbonyl (C=O) groups is 2. The number of ether oxygens (including phenoxy) is 1. The Kier molecular flexibility index (Phi) is 3.63. The fourth-order valence-electron chi connectivity index (χ4n) is 1.46. The van der Waals surface area contributed by atoms with Crippen LogP contribution in [0.1, 0.15) is 27.2 Å². The zero-order chi connectivity index (χ0) is 10.7. The van der Waals surface area contributed by atoms with E-state index >= 15 is 0 Å². The molecule has 0 N–H and O–H groups in total. The van der Waals surface area contributed by atoms with Gasteiger partial charge in [0.2, 0.25) is 11.8 Å². The normalized spacial score (nSPS) is 22.6. The van der Waals surface area contributed by atoms with Crippen molar-refractivity contribution in [1.29, 1.82) is 0 Å². The zero-order valence-electron chi connectivity index (χ0n) is 8.95. The fraction of sp³-hybridized carbons (Fsp3) is 0.800. The van der Waals surface area contributed by atoms with Gasteiger partial charge in [0.25, 0.3) is 0 Å². The maximum atomic E-state index is 11.4. The Hall–Kier alpha value is -0.900. The van der Waals surface area contributed by atoms with Gasteiger partial charge in [-0.3, -0.25) is 14.5 Å². The molecule has 4 nitrogen and oxygen atoms in total. The van der Waals surface area contributed by atoms with Crippen molar-refractivity contribution >= 4 is 11.8 Å². The van der Waals surface area contributed by atoms with Crippen LogP contribution in [0.3, 0.4) is 0 Å². The fourth-order valence-corrected chi connectivity index (χ4v) is 1.46. The van der Waals surface area contributed by atoms with E-state index in [0.29, 0.717) is 19.6 Å². The highest BCUT2D eigenvalue weighted by molar-refractivity contribution is 6.03. The molecule has 80 valence electrons. The van der Waals surface area contributed by atoms with Crippen molar-refractivity contribution in [2.24, 2.45) is 5.92 Å². The van der Waals surface area contributed by atoms with Crippen molar-refractivity contribution in [3.63, 3.8) is 0 Å². The van der Waals surface area contributed by atoms with Gasteiger partial charge in [-0.25, -0.2) is 0 Å². The molecule has 1 aliphatic rings. The van der Waals surface area contributed by atoms with E-state index in [9.17, 15) is 9.59 Å². The highest BCUT2D eigenvalue weighted by Crippen LogP contribution is 2.17. The summed E-state index contributed by atoms with van der Waals surface area (Å²) >= 11 is 0. The molecule has 0 aromatic heterocycles. The predicted octanol–water partition coefficient (Wildman–Crippen LogP) is 0.806. The standard InChI is InChI=1S/C10H17NO3/c1-7(2)14-5-4-11-9(12)6-8(3)10(11)13/h7-8H,4-6H2,1-3H3. The van der Waals surface area contributed by atoms with Gasteiger partial charge in [-0.1, -0.05) is 6.92 Å². The summed E-state index contributed by atoms with van der Waals surface area (Å²) in [6.45, 7) is 6.46. The lowest BCUT2D eigenvalue weighted by Gasteiger charge is -2.15. The molecule has 1 saturated heterocycles. The van der Waals surface area contributed by atoms with Crippen LogP contribution in [-0.4, -0.2) is 36.0 Å². The van der Waals surface area contributed by atoms with E-state index < -0.39 is 0 Å². The van der Waals surface area contributed by atoms with Gasteiger partial charge in [0.1, 0.15) is 0 Å². The van der Waals surface area contributed by atoms with Crippen LogP contribution >= 0.6 is 0 Å². The largest absolute Gasteiger partial charge is 0.377 e. The smallest absolute Gasteiger partial charge is 0.232 e. The molecule has 0 aliphatic carbocycles. The lowest BCUT2D eigenvalue weighted by Crippen LogP contribution is -2.33. The molecule has 1 fully saturated rings. The first-order chi connectivity index (χ1) is 6.52. The van der Waals surface area contributed by atoms with Crippen molar-refractivity contribution < 1.29 is 14.3 Å². The van der Waals surface area contributed by atoms with Crippen molar-refractivity contribution in [1.82, 2.24) is 4.90 Å². The van der Waals surface area contributed by atoms with Gasteiger partial charge in [-0.15, -0.1) is 0 Å². The number of hydrogen-bond donors (Lipinski definition) is 0. The minimum absolute atomic E-state index is 0.0673. The Morgan fingerprint density at radius 2 is 2.14 bits per heavy atom. The Morgan fingerprint density at radius 3 is 2.57 bits per heavy atom. The monoisotopic (exact) mass is 199 g/mol. The molecule has 0 aromatic carbocycles. The van der Waals surface area contributed by atoms with Crippen LogP contribution in [0.15, 0.2) is 0 Å². The summed E-state index contributed by atoms with van der Waals surface area (Å²) in [5.74, 6) is -0.293. The molecule has 0 saturated carbocycles. The van der Waals surface area contributed by atoms with Gasteiger partial charge in [0.05, 0.1) is 19.3 Å². The molecule has 0 spiro atoms. The van der Waals surface area contributed by atoms with Gasteiger partial charge in [0.15, 0.2) is 0 Å². The van der Waals surface area contributed by atoms with Gasteiger partial charge in [0, 0.05) is 12.3 Å². The second-order valence-electron chi connectivity index (χ2n) is 3.91. The van der Waals surface area contributed by atoms with Gasteiger partial charge in [-0.2, -0.15) is 0 Å². The number of carbonyl (C=O) groups excluding carboxylic acids is 2. The maximum absolute atomic E-state index is 11.4. The molecule has 1 aliphatic heterocycles. The summed E-state index contributed by atoms with van der Waals surface area (Å²) in [6.07, 6.45) is 0.487. The average Bonchev–Trinajstić information content (AvgIpc) is 2.31. The van der Waals surface area contributed by atoms with E-state index in [1.54, 1.807) is 6.92 Å². The van der Waals surface area contributed by atoms with Crippen LogP contribution in [0.2, 0.25) is 0 Å². The third-order valence-electron chi connectivity index (χ3n) is 2.24. The van der Waals surface area contributed by atoms with Crippen LogP contribution in [0.5, 0.6) is 0 Å². The van der Waals surface area contributed by atoms with Crippen molar-refractivity contribution in [3.8, 4) is 0 Å². The molecule has 4 heteroatoms. The summed E-state index contributed by atoms with van der Waals surface area (Å²) in [4.78, 5) is 24.1. The number of nitrogens with zero attached hydrogens (tertiary/aromatic N) is 1. The zero-order valence-corrected chi connectivity index (χ0v) is 8.95. The summed E-state index contributed by atoms with van der Waals surface area (Å²) in [7, 11) is 0. The summed E-state index contributed by atoms with van der Waals surface area (Å²) in [6, 6.07) is 0. The van der Waals surface area contributed by atoms with Crippen molar-refractivity contribution in [3.05, 3.63) is 0 Å². The lowest BCUT2D eigenvalue weighted by atomic mass is 10.1. The molecule has 0 radical (unpaired) electrons. The maximum Gasteiger partial charge on any atom is 0.232 e. The van der Waals surface area contributed by atoms with Gasteiger partial charge in [-0.05, 0) is 13.8 Å². The summed E-state index contributed by atoms with van der Waals surface area (Å²) in [5.41, 5.74) is 0. The highest BCUT2D eigenvalue weighted by atomic mass is 16.5. The van der Waals surface area contributed by atoms with E-state index in [1.807, 2.05) is 13.8 Å². The first-order valence-electron chi connectivity index (χ1n) is 4.98. The minimum atomic E-state index is -0.151. The molecule has 2 amide bonds. The van der Waals surface area contributed by atoms with Crippen LogP contribution in [0.4, 0.5) is 0 Å². The van der Waals surface area contributed by atoms with E-state index in [-0.39, 0.29) is 23.8 Å². The van der Waals surface area contributed by atoms with E-state index in [1.165, 1.54) is 4.90 Å². The molecular formula is C10H17NO3. The molecule has 0 bridgehead atoms. The van der Waals surface area contributed by atoms with E-state index in [2.05, 4.69) is 0 Å². The van der Waals surface area contributed by atoms with Crippen LogP contribution in [-0.2, 0) is 14.3 Å². The van der Waals surface area contributed by atoms with Crippen molar-refractivity contribution in [2.75, 3.05) is 13.2 Å². The van der Waals surface area contributed by atoms with Gasteiger partial charge >= 0.3 is 0 Å². The van der Waals surface area contributed by atoms with Crippen molar-refractivity contribution in [2.45, 2.75) is 33.3 Å².